The highest BCUT2D eigenvalue weighted by Crippen LogP contribution is 2.34. The minimum Gasteiger partial charge on any atom is -0.504 e. The third kappa shape index (κ3) is 2.62. The molecule has 2 fully saturated rings. The predicted molar refractivity (Wildman–Crippen MR) is 83.4 cm³/mol. The largest absolute Gasteiger partial charge is 0.504 e. The molecule has 0 bridgehead atoms. The molecule has 0 radical (unpaired) electrons. The van der Waals surface area contributed by atoms with Gasteiger partial charge in [-0.1, -0.05) is 25.3 Å². The SMILES string of the molecule is COc1cccc(C=NN2C(=O)NC3(CCCCC3)C2=O)c1O. The van der Waals surface area contributed by atoms with E-state index in [-0.39, 0.29) is 11.7 Å². The Morgan fingerprint density at radius 3 is 2.74 bits per heavy atom. The Balaban J connectivity index is 1.83. The van der Waals surface area contributed by atoms with Crippen molar-refractivity contribution in [3.05, 3.63) is 23.8 Å². The smallest absolute Gasteiger partial charge is 0.346 e. The number of para-hydroxylation sites is 1. The van der Waals surface area contributed by atoms with Crippen molar-refractivity contribution in [3.8, 4) is 11.5 Å². The number of carbonyl (C=O) groups excluding carboxylic acids is 2. The Labute approximate surface area is 133 Å². The Kier molecular flexibility index (Phi) is 3.94. The van der Waals surface area contributed by atoms with E-state index in [9.17, 15) is 14.7 Å². The van der Waals surface area contributed by atoms with E-state index < -0.39 is 11.6 Å². The van der Waals surface area contributed by atoms with Crippen molar-refractivity contribution in [3.63, 3.8) is 0 Å². The summed E-state index contributed by atoms with van der Waals surface area (Å²) in [5.74, 6) is -0.103. The number of ether oxygens (including phenoxy) is 1. The molecule has 3 amide bonds. The Hall–Kier alpha value is -2.57. The van der Waals surface area contributed by atoms with Gasteiger partial charge in [0.25, 0.3) is 5.91 Å². The van der Waals surface area contributed by atoms with Crippen LogP contribution in [0.15, 0.2) is 23.3 Å². The average Bonchev–Trinajstić information content (AvgIpc) is 2.78. The first-order valence-corrected chi connectivity index (χ1v) is 7.64. The van der Waals surface area contributed by atoms with E-state index in [1.54, 1.807) is 18.2 Å². The lowest BCUT2D eigenvalue weighted by Crippen LogP contribution is -2.48. The van der Waals surface area contributed by atoms with Crippen molar-refractivity contribution in [1.82, 2.24) is 10.3 Å². The van der Waals surface area contributed by atoms with Crippen LogP contribution in [0.1, 0.15) is 37.7 Å². The van der Waals surface area contributed by atoms with Crippen LogP contribution in [0.4, 0.5) is 4.79 Å². The number of nitrogens with one attached hydrogen (secondary N) is 1. The molecule has 1 aromatic carbocycles. The number of hydrogen-bond donors (Lipinski definition) is 2. The first-order chi connectivity index (χ1) is 11.1. The molecule has 0 atom stereocenters. The number of urea groups is 1. The molecular weight excluding hydrogens is 298 g/mol. The maximum absolute atomic E-state index is 12.6. The molecule has 0 aromatic heterocycles. The van der Waals surface area contributed by atoms with E-state index in [0.717, 1.165) is 24.3 Å². The summed E-state index contributed by atoms with van der Waals surface area (Å²) in [7, 11) is 1.44. The number of hydrazone groups is 1. The minimum absolute atomic E-state index is 0.0850. The van der Waals surface area contributed by atoms with E-state index in [1.807, 2.05) is 0 Å². The summed E-state index contributed by atoms with van der Waals surface area (Å²) in [5, 5.41) is 17.6. The number of phenols is 1. The predicted octanol–water partition coefficient (Wildman–Crippen LogP) is 1.99. The summed E-state index contributed by atoms with van der Waals surface area (Å²) in [5.41, 5.74) is -0.433. The average molecular weight is 317 g/mol. The van der Waals surface area contributed by atoms with Crippen LogP contribution >= 0.6 is 0 Å². The van der Waals surface area contributed by atoms with Gasteiger partial charge < -0.3 is 15.2 Å². The van der Waals surface area contributed by atoms with Crippen molar-refractivity contribution in [2.24, 2.45) is 5.10 Å². The molecule has 1 spiro atoms. The zero-order chi connectivity index (χ0) is 16.4. The zero-order valence-corrected chi connectivity index (χ0v) is 12.9. The van der Waals surface area contributed by atoms with Gasteiger partial charge in [-0.3, -0.25) is 4.79 Å². The lowest BCUT2D eigenvalue weighted by molar-refractivity contribution is -0.132. The molecule has 2 aliphatic rings. The summed E-state index contributed by atoms with van der Waals surface area (Å²) >= 11 is 0. The van der Waals surface area contributed by atoms with Gasteiger partial charge in [-0.15, -0.1) is 5.01 Å². The number of phenolic OH excluding ortho intramolecular Hbond substituents is 1. The van der Waals surface area contributed by atoms with E-state index in [1.165, 1.54) is 13.3 Å². The van der Waals surface area contributed by atoms with Crippen LogP contribution in [0.2, 0.25) is 0 Å². The van der Waals surface area contributed by atoms with Gasteiger partial charge in [0, 0.05) is 5.56 Å². The van der Waals surface area contributed by atoms with Crippen molar-refractivity contribution in [2.75, 3.05) is 7.11 Å². The molecule has 7 nitrogen and oxygen atoms in total. The van der Waals surface area contributed by atoms with E-state index in [0.29, 0.717) is 24.2 Å². The van der Waals surface area contributed by atoms with Crippen LogP contribution in [-0.2, 0) is 4.79 Å². The lowest BCUT2D eigenvalue weighted by Gasteiger charge is -2.29. The minimum atomic E-state index is -0.802. The fourth-order valence-electron chi connectivity index (χ4n) is 3.13. The maximum atomic E-state index is 12.6. The molecule has 1 saturated carbocycles. The van der Waals surface area contributed by atoms with Gasteiger partial charge in [-0.2, -0.15) is 5.10 Å². The maximum Gasteiger partial charge on any atom is 0.346 e. The number of rotatable bonds is 3. The third-order valence-corrected chi connectivity index (χ3v) is 4.41. The van der Waals surface area contributed by atoms with Crippen LogP contribution in [0.3, 0.4) is 0 Å². The molecule has 122 valence electrons. The topological polar surface area (TPSA) is 91.2 Å². The van der Waals surface area contributed by atoms with Crippen molar-refractivity contribution < 1.29 is 19.4 Å². The summed E-state index contributed by atoms with van der Waals surface area (Å²) in [6.45, 7) is 0. The van der Waals surface area contributed by atoms with Gasteiger partial charge in [0.15, 0.2) is 11.5 Å². The Morgan fingerprint density at radius 1 is 1.30 bits per heavy atom. The second kappa shape index (κ2) is 5.91. The molecule has 1 heterocycles. The quantitative estimate of drug-likeness (QED) is 0.659. The molecule has 1 aromatic rings. The molecule has 7 heteroatoms. The van der Waals surface area contributed by atoms with Gasteiger partial charge in [0.2, 0.25) is 0 Å². The van der Waals surface area contributed by atoms with Crippen LogP contribution in [0.5, 0.6) is 11.5 Å². The van der Waals surface area contributed by atoms with Crippen LogP contribution < -0.4 is 10.1 Å². The van der Waals surface area contributed by atoms with Crippen LogP contribution in [0, 0.1) is 0 Å². The standard InChI is InChI=1S/C16H19N3O4/c1-23-12-7-5-6-11(13(12)20)10-17-19-14(21)16(18-15(19)22)8-3-2-4-9-16/h5-7,10,20H,2-4,8-9H2,1H3,(H,18,22). The Morgan fingerprint density at radius 2 is 2.04 bits per heavy atom. The molecule has 1 aliphatic heterocycles. The van der Waals surface area contributed by atoms with E-state index in [2.05, 4.69) is 10.4 Å². The molecule has 2 N–H and O–H groups in total. The van der Waals surface area contributed by atoms with Gasteiger partial charge in [-0.25, -0.2) is 4.79 Å². The first kappa shape index (κ1) is 15.3. The van der Waals surface area contributed by atoms with Crippen LogP contribution in [-0.4, -0.2) is 40.9 Å². The van der Waals surface area contributed by atoms with Crippen LogP contribution in [0.25, 0.3) is 0 Å². The highest BCUT2D eigenvalue weighted by atomic mass is 16.5. The van der Waals surface area contributed by atoms with Crippen molar-refractivity contribution >= 4 is 18.2 Å². The first-order valence-electron chi connectivity index (χ1n) is 7.64. The number of carbonyl (C=O) groups is 2. The summed E-state index contributed by atoms with van der Waals surface area (Å²) < 4.78 is 5.02. The molecule has 3 rings (SSSR count). The number of aromatic hydroxyl groups is 1. The number of hydrogen-bond acceptors (Lipinski definition) is 5. The highest BCUT2D eigenvalue weighted by molar-refractivity contribution is 6.07. The third-order valence-electron chi connectivity index (χ3n) is 4.41. The second-order valence-electron chi connectivity index (χ2n) is 5.83. The normalized spacial score (nSPS) is 20.3. The van der Waals surface area contributed by atoms with E-state index >= 15 is 0 Å². The number of benzene rings is 1. The number of amides is 3. The fraction of sp³-hybridized carbons (Fsp3) is 0.438. The summed E-state index contributed by atoms with van der Waals surface area (Å²) in [6.07, 6.45) is 5.49. The van der Waals surface area contributed by atoms with Crippen molar-refractivity contribution in [1.29, 1.82) is 0 Å². The highest BCUT2D eigenvalue weighted by Gasteiger charge is 2.51. The van der Waals surface area contributed by atoms with E-state index in [4.69, 9.17) is 4.74 Å². The molecule has 23 heavy (non-hydrogen) atoms. The molecular formula is C16H19N3O4. The van der Waals surface area contributed by atoms with Crippen molar-refractivity contribution in [2.45, 2.75) is 37.6 Å². The van der Waals surface area contributed by atoms with Gasteiger partial charge in [-0.05, 0) is 25.0 Å². The second-order valence-corrected chi connectivity index (χ2v) is 5.83. The summed E-state index contributed by atoms with van der Waals surface area (Å²) in [4.78, 5) is 24.6. The molecule has 1 aliphatic carbocycles. The number of imide groups is 1. The number of methoxy groups -OCH3 is 1. The lowest BCUT2D eigenvalue weighted by atomic mass is 9.82. The van der Waals surface area contributed by atoms with Gasteiger partial charge in [0.05, 0.1) is 13.3 Å². The van der Waals surface area contributed by atoms with Gasteiger partial charge >= 0.3 is 6.03 Å². The zero-order valence-electron chi connectivity index (χ0n) is 12.9. The Bertz CT molecular complexity index is 665. The fourth-order valence-corrected chi connectivity index (χ4v) is 3.13. The van der Waals surface area contributed by atoms with Gasteiger partial charge in [0.1, 0.15) is 5.54 Å². The monoisotopic (exact) mass is 317 g/mol. The molecule has 1 saturated heterocycles. The molecule has 0 unspecified atom stereocenters. The number of nitrogens with zero attached hydrogens (tertiary/aromatic N) is 2. The summed E-state index contributed by atoms with van der Waals surface area (Å²) in [6, 6.07) is 4.40.